The summed E-state index contributed by atoms with van der Waals surface area (Å²) in [6.45, 7) is 4.22. The molecule has 1 aromatic carbocycles. The van der Waals surface area contributed by atoms with Crippen molar-refractivity contribution in [1.29, 1.82) is 0 Å². The molecule has 188 valence electrons. The number of imide groups is 2. The predicted octanol–water partition coefficient (Wildman–Crippen LogP) is 2.77. The first-order valence-corrected chi connectivity index (χ1v) is 13.3. The summed E-state index contributed by atoms with van der Waals surface area (Å²) in [6, 6.07) is 3.06. The quantitative estimate of drug-likeness (QED) is 0.284. The Hall–Kier alpha value is -2.53. The number of ether oxygens (including phenoxy) is 1. The Balaban J connectivity index is 1.50. The molecule has 1 aliphatic heterocycles. The third-order valence-corrected chi connectivity index (χ3v) is 7.41. The van der Waals surface area contributed by atoms with E-state index in [0.29, 0.717) is 37.4 Å². The molecule has 1 atom stereocenters. The number of carbonyl (C=O) groups is 3. The summed E-state index contributed by atoms with van der Waals surface area (Å²) < 4.78 is 47.9. The van der Waals surface area contributed by atoms with E-state index in [4.69, 9.17) is 4.74 Å². The average Bonchev–Trinajstić information content (AvgIpc) is 3.57. The van der Waals surface area contributed by atoms with Crippen molar-refractivity contribution in [2.24, 2.45) is 17.8 Å². The monoisotopic (exact) mass is 497 g/mol. The van der Waals surface area contributed by atoms with E-state index < -0.39 is 45.6 Å². The molecule has 34 heavy (non-hydrogen) atoms. The van der Waals surface area contributed by atoms with Crippen LogP contribution in [0.15, 0.2) is 18.2 Å². The molecule has 2 fully saturated rings. The molecule has 1 aromatic rings. The smallest absolute Gasteiger partial charge is 0.328 e. The second-order valence-electron chi connectivity index (χ2n) is 9.31. The Morgan fingerprint density at radius 3 is 2.38 bits per heavy atom. The number of unbranched alkanes of at least 4 members (excludes halogenated alkanes) is 2. The second-order valence-corrected chi connectivity index (χ2v) is 11.2. The molecule has 9 nitrogen and oxygen atoms in total. The van der Waals surface area contributed by atoms with Crippen LogP contribution in [-0.2, 0) is 19.6 Å². The highest BCUT2D eigenvalue weighted by Gasteiger charge is 2.33. The van der Waals surface area contributed by atoms with Gasteiger partial charge in [-0.15, -0.1) is 0 Å². The topological polar surface area (TPSA) is 131 Å². The number of halogens is 1. The number of hydrogen-bond acceptors (Lipinski definition) is 6. The third-order valence-electron chi connectivity index (χ3n) is 5.97. The fraction of sp³-hybridized carbons (Fsp3) is 0.609. The van der Waals surface area contributed by atoms with Crippen LogP contribution in [0.5, 0.6) is 5.75 Å². The molecule has 1 heterocycles. The van der Waals surface area contributed by atoms with Crippen LogP contribution in [-0.4, -0.2) is 38.6 Å². The fourth-order valence-corrected chi connectivity index (χ4v) is 5.28. The molecule has 0 unspecified atom stereocenters. The highest BCUT2D eigenvalue weighted by atomic mass is 32.2. The fourth-order valence-electron chi connectivity index (χ4n) is 3.79. The summed E-state index contributed by atoms with van der Waals surface area (Å²) in [5.41, 5.74) is 0.634. The molecule has 11 heteroatoms. The molecule has 2 aliphatic rings. The maximum atomic E-state index is 14.2. The van der Waals surface area contributed by atoms with E-state index in [0.717, 1.165) is 12.8 Å². The van der Waals surface area contributed by atoms with Crippen LogP contribution in [0, 0.1) is 23.6 Å². The van der Waals surface area contributed by atoms with Crippen LogP contribution in [0.2, 0.25) is 0 Å². The number of sulfonamides is 1. The maximum absolute atomic E-state index is 14.2. The first kappa shape index (κ1) is 26.1. The van der Waals surface area contributed by atoms with Crippen LogP contribution in [0.4, 0.5) is 9.18 Å². The molecule has 1 saturated heterocycles. The normalized spacial score (nSPS) is 18.1. The van der Waals surface area contributed by atoms with Gasteiger partial charge in [0, 0.05) is 6.04 Å². The van der Waals surface area contributed by atoms with Crippen LogP contribution in [0.1, 0.15) is 64.0 Å². The van der Waals surface area contributed by atoms with Crippen molar-refractivity contribution in [3.05, 3.63) is 29.6 Å². The van der Waals surface area contributed by atoms with Crippen molar-refractivity contribution in [2.75, 3.05) is 12.4 Å². The van der Waals surface area contributed by atoms with Gasteiger partial charge in [-0.05, 0) is 55.2 Å². The van der Waals surface area contributed by atoms with Gasteiger partial charge in [-0.25, -0.2) is 22.3 Å². The Bertz CT molecular complexity index is 1010. The number of urea groups is 1. The first-order valence-electron chi connectivity index (χ1n) is 11.6. The van der Waals surface area contributed by atoms with E-state index in [1.165, 1.54) is 6.07 Å². The minimum atomic E-state index is -3.63. The van der Waals surface area contributed by atoms with Crippen molar-refractivity contribution in [1.82, 2.24) is 15.4 Å². The molecule has 0 spiro atoms. The van der Waals surface area contributed by atoms with Gasteiger partial charge in [0.25, 0.3) is 0 Å². The number of nitrogens with one attached hydrogen (secondary N) is 3. The van der Waals surface area contributed by atoms with E-state index in [2.05, 4.69) is 4.72 Å². The average molecular weight is 498 g/mol. The van der Waals surface area contributed by atoms with Crippen LogP contribution < -0.4 is 20.1 Å². The predicted molar refractivity (Wildman–Crippen MR) is 123 cm³/mol. The lowest BCUT2D eigenvalue weighted by Gasteiger charge is -2.23. The third kappa shape index (κ3) is 7.49. The number of carbonyl (C=O) groups excluding carboxylic acids is 3. The first-order chi connectivity index (χ1) is 16.1. The zero-order valence-electron chi connectivity index (χ0n) is 19.4. The maximum Gasteiger partial charge on any atom is 0.328 e. The minimum absolute atomic E-state index is 0.0810. The van der Waals surface area contributed by atoms with Crippen molar-refractivity contribution in [3.8, 4) is 5.75 Å². The minimum Gasteiger partial charge on any atom is -0.490 e. The number of rotatable bonds is 13. The summed E-state index contributed by atoms with van der Waals surface area (Å²) >= 11 is 0. The lowest BCUT2D eigenvalue weighted by molar-refractivity contribution is -0.136. The van der Waals surface area contributed by atoms with Gasteiger partial charge < -0.3 is 4.74 Å². The summed E-state index contributed by atoms with van der Waals surface area (Å²) in [4.78, 5) is 34.6. The molecular weight excluding hydrogens is 465 g/mol. The van der Waals surface area contributed by atoms with E-state index in [1.807, 2.05) is 24.5 Å². The lowest BCUT2D eigenvalue weighted by Crippen LogP contribution is -2.55. The van der Waals surface area contributed by atoms with Gasteiger partial charge in [0.2, 0.25) is 21.8 Å². The van der Waals surface area contributed by atoms with Crippen LogP contribution in [0.3, 0.4) is 0 Å². The molecule has 3 rings (SSSR count). The number of benzene rings is 1. The number of amides is 4. The lowest BCUT2D eigenvalue weighted by atomic mass is 9.97. The Kier molecular flexibility index (Phi) is 8.64. The van der Waals surface area contributed by atoms with Gasteiger partial charge >= 0.3 is 6.03 Å². The van der Waals surface area contributed by atoms with Crippen molar-refractivity contribution < 1.29 is 31.9 Å². The summed E-state index contributed by atoms with van der Waals surface area (Å²) in [6.07, 6.45) is 3.68. The SMILES string of the molecule is CC(C)[C@@H](NS(=O)(=O)CCCCCC1C(=O)NC(=O)NC1=O)c1ccc(F)c(OCC2CC2)c1. The van der Waals surface area contributed by atoms with Gasteiger partial charge in [-0.2, -0.15) is 0 Å². The standard InChI is InChI=1S/C23H32FN3O6S/c1-14(2)20(16-9-10-18(24)19(12-16)33-13-15-7-8-15)27-34(31,32)11-5-3-4-6-17-21(28)25-23(30)26-22(17)29/h9-10,12,14-15,17,20,27H,3-8,11,13H2,1-2H3,(H2,25,26,28,29,30)/t20-/m1/s1. The Morgan fingerprint density at radius 2 is 1.76 bits per heavy atom. The molecule has 1 aliphatic carbocycles. The van der Waals surface area contributed by atoms with Gasteiger partial charge in [-0.1, -0.05) is 32.8 Å². The van der Waals surface area contributed by atoms with Gasteiger partial charge in [0.1, 0.15) is 5.92 Å². The summed E-state index contributed by atoms with van der Waals surface area (Å²) in [5, 5.41) is 4.10. The zero-order chi connectivity index (χ0) is 24.9. The number of hydrogen-bond donors (Lipinski definition) is 3. The Morgan fingerprint density at radius 1 is 1.09 bits per heavy atom. The second kappa shape index (κ2) is 11.3. The van der Waals surface area contributed by atoms with Crippen LogP contribution >= 0.6 is 0 Å². The van der Waals surface area contributed by atoms with Crippen molar-refractivity contribution >= 4 is 27.9 Å². The molecule has 3 N–H and O–H groups in total. The molecule has 0 aromatic heterocycles. The van der Waals surface area contributed by atoms with Crippen molar-refractivity contribution in [3.63, 3.8) is 0 Å². The highest BCUT2D eigenvalue weighted by Crippen LogP contribution is 2.32. The molecule has 1 saturated carbocycles. The zero-order valence-corrected chi connectivity index (χ0v) is 20.3. The van der Waals surface area contributed by atoms with E-state index in [-0.39, 0.29) is 23.8 Å². The number of barbiturate groups is 1. The van der Waals surface area contributed by atoms with Gasteiger partial charge in [0.05, 0.1) is 12.4 Å². The molecule has 0 bridgehead atoms. The van der Waals surface area contributed by atoms with Crippen molar-refractivity contribution in [2.45, 2.75) is 58.4 Å². The Labute approximate surface area is 199 Å². The molecule has 4 amide bonds. The van der Waals surface area contributed by atoms with E-state index >= 15 is 0 Å². The van der Waals surface area contributed by atoms with E-state index in [1.54, 1.807) is 12.1 Å². The van der Waals surface area contributed by atoms with E-state index in [9.17, 15) is 27.2 Å². The summed E-state index contributed by atoms with van der Waals surface area (Å²) in [7, 11) is -3.63. The molecular formula is C23H32FN3O6S. The molecule has 0 radical (unpaired) electrons. The van der Waals surface area contributed by atoms with Gasteiger partial charge in [0.15, 0.2) is 11.6 Å². The van der Waals surface area contributed by atoms with Crippen LogP contribution in [0.25, 0.3) is 0 Å². The highest BCUT2D eigenvalue weighted by molar-refractivity contribution is 7.89. The van der Waals surface area contributed by atoms with Gasteiger partial charge in [-0.3, -0.25) is 20.2 Å². The largest absolute Gasteiger partial charge is 0.490 e. The summed E-state index contributed by atoms with van der Waals surface area (Å²) in [5.74, 6) is -2.30.